The lowest BCUT2D eigenvalue weighted by molar-refractivity contribution is -0.143. The van der Waals surface area contributed by atoms with Crippen molar-refractivity contribution in [3.05, 3.63) is 82.8 Å². The van der Waals surface area contributed by atoms with Gasteiger partial charge in [0, 0.05) is 16.1 Å². The Bertz CT molecular complexity index is 1440. The molecular weight excluding hydrogens is 508 g/mol. The van der Waals surface area contributed by atoms with E-state index in [2.05, 4.69) is 20.9 Å². The highest BCUT2D eigenvalue weighted by Gasteiger charge is 2.35. The maximum Gasteiger partial charge on any atom is 0.338 e. The second-order valence-electron chi connectivity index (χ2n) is 7.87. The number of fused-ring (bicyclic) bond motifs is 1. The van der Waals surface area contributed by atoms with Crippen LogP contribution >= 0.6 is 27.3 Å². The molecule has 0 unspecified atom stereocenters. The minimum atomic E-state index is -0.763. The highest BCUT2D eigenvalue weighted by Crippen LogP contribution is 2.37. The number of thiazole rings is 1. The highest BCUT2D eigenvalue weighted by atomic mass is 79.9. The molecule has 0 fully saturated rings. The molecule has 1 aliphatic rings. The van der Waals surface area contributed by atoms with Gasteiger partial charge in [-0.15, -0.1) is 0 Å². The molecule has 33 heavy (non-hydrogen) atoms. The minimum absolute atomic E-state index is 0.276. The standard InChI is InChI=1S/C24H23BrN2O5S/c1-12(2)31-23(29)20-14(4)26-24-27(21(20)17-10-15(25)7-9-18(17)30-5)22(28)19(33-24)11-16-8-6-13(3)32-16/h6-12,21H,1-5H3/b19-11-/t21-/m1/s1. The first-order valence-corrected chi connectivity index (χ1v) is 11.9. The van der Waals surface area contributed by atoms with Crippen LogP contribution < -0.4 is 19.6 Å². The third-order valence-electron chi connectivity index (χ3n) is 5.11. The van der Waals surface area contributed by atoms with Gasteiger partial charge in [0.1, 0.15) is 23.3 Å². The van der Waals surface area contributed by atoms with Crippen molar-refractivity contribution in [3.63, 3.8) is 0 Å². The predicted octanol–water partition coefficient (Wildman–Crippen LogP) is 3.86. The zero-order valence-corrected chi connectivity index (χ0v) is 21.2. The summed E-state index contributed by atoms with van der Waals surface area (Å²) in [6, 6.07) is 8.36. The molecule has 0 N–H and O–H groups in total. The molecule has 3 heterocycles. The number of rotatable bonds is 5. The molecule has 7 nitrogen and oxygen atoms in total. The van der Waals surface area contributed by atoms with E-state index in [4.69, 9.17) is 13.9 Å². The fourth-order valence-corrected chi connectivity index (χ4v) is 5.14. The van der Waals surface area contributed by atoms with Crippen molar-refractivity contribution in [2.24, 2.45) is 4.99 Å². The number of benzene rings is 1. The van der Waals surface area contributed by atoms with E-state index in [-0.39, 0.29) is 11.7 Å². The van der Waals surface area contributed by atoms with Crippen molar-refractivity contribution >= 4 is 39.3 Å². The van der Waals surface area contributed by atoms with E-state index in [0.717, 1.165) is 10.2 Å². The van der Waals surface area contributed by atoms with E-state index in [0.29, 0.717) is 37.7 Å². The van der Waals surface area contributed by atoms with Gasteiger partial charge in [0.25, 0.3) is 5.56 Å². The summed E-state index contributed by atoms with van der Waals surface area (Å²) in [5, 5.41) is 0. The molecule has 1 aromatic carbocycles. The normalized spacial score (nSPS) is 16.1. The van der Waals surface area contributed by atoms with E-state index in [1.165, 1.54) is 15.9 Å². The van der Waals surface area contributed by atoms with E-state index in [1.807, 2.05) is 25.1 Å². The van der Waals surface area contributed by atoms with Crippen LogP contribution in [0, 0.1) is 6.92 Å². The van der Waals surface area contributed by atoms with Crippen LogP contribution in [0.5, 0.6) is 5.75 Å². The summed E-state index contributed by atoms with van der Waals surface area (Å²) in [6.45, 7) is 7.15. The van der Waals surface area contributed by atoms with E-state index in [9.17, 15) is 9.59 Å². The molecule has 0 spiro atoms. The first-order valence-electron chi connectivity index (χ1n) is 10.3. The Labute approximate surface area is 202 Å². The van der Waals surface area contributed by atoms with Crippen molar-refractivity contribution < 1.29 is 18.7 Å². The quantitative estimate of drug-likeness (QED) is 0.467. The summed E-state index contributed by atoms with van der Waals surface area (Å²) in [7, 11) is 1.55. The van der Waals surface area contributed by atoms with Crippen LogP contribution in [0.25, 0.3) is 6.08 Å². The number of esters is 1. The minimum Gasteiger partial charge on any atom is -0.496 e. The fourth-order valence-electron chi connectivity index (χ4n) is 3.73. The lowest BCUT2D eigenvalue weighted by Crippen LogP contribution is -2.40. The number of aromatic nitrogens is 1. The molecule has 1 aliphatic heterocycles. The first-order chi connectivity index (χ1) is 15.7. The summed E-state index contributed by atoms with van der Waals surface area (Å²) in [6.07, 6.45) is 1.37. The molecule has 4 rings (SSSR count). The zero-order chi connectivity index (χ0) is 23.9. The molecule has 2 aromatic heterocycles. The number of carbonyl (C=O) groups is 1. The second kappa shape index (κ2) is 9.15. The summed E-state index contributed by atoms with van der Waals surface area (Å²) < 4.78 is 19.5. The number of ether oxygens (including phenoxy) is 2. The Morgan fingerprint density at radius 2 is 2.03 bits per heavy atom. The number of nitrogens with zero attached hydrogens (tertiary/aromatic N) is 2. The SMILES string of the molecule is COc1ccc(Br)cc1[C@@H]1C(C(=O)OC(C)C)=C(C)N=c2s/c(=C\c3ccc(C)o3)c(=O)n21. The number of hydrogen-bond donors (Lipinski definition) is 0. The van der Waals surface area contributed by atoms with Crippen LogP contribution in [0.3, 0.4) is 0 Å². The van der Waals surface area contributed by atoms with Gasteiger partial charge in [0.15, 0.2) is 4.80 Å². The largest absolute Gasteiger partial charge is 0.496 e. The van der Waals surface area contributed by atoms with E-state index >= 15 is 0 Å². The Balaban J connectivity index is 2.01. The summed E-state index contributed by atoms with van der Waals surface area (Å²) in [5.41, 5.74) is 1.17. The molecule has 0 amide bonds. The van der Waals surface area contributed by atoms with Crippen molar-refractivity contribution in [2.75, 3.05) is 7.11 Å². The van der Waals surface area contributed by atoms with Gasteiger partial charge in [-0.05, 0) is 58.0 Å². The van der Waals surface area contributed by atoms with Gasteiger partial charge in [0.05, 0.1) is 29.0 Å². The maximum absolute atomic E-state index is 13.6. The number of carbonyl (C=O) groups excluding carboxylic acids is 1. The van der Waals surface area contributed by atoms with Crippen LogP contribution in [0.4, 0.5) is 0 Å². The van der Waals surface area contributed by atoms with Crippen LogP contribution in [0.15, 0.2) is 60.3 Å². The van der Waals surface area contributed by atoms with Gasteiger partial charge < -0.3 is 13.9 Å². The first kappa shape index (κ1) is 23.3. The third-order valence-corrected chi connectivity index (χ3v) is 6.58. The fraction of sp³-hybridized carbons (Fsp3) is 0.292. The molecule has 3 aromatic rings. The number of methoxy groups -OCH3 is 1. The number of halogens is 1. The van der Waals surface area contributed by atoms with Crippen LogP contribution in [0.1, 0.15) is 43.9 Å². The lowest BCUT2D eigenvalue weighted by atomic mass is 9.95. The number of allylic oxidation sites excluding steroid dienone is 1. The molecule has 0 radical (unpaired) electrons. The van der Waals surface area contributed by atoms with Gasteiger partial charge in [-0.3, -0.25) is 9.36 Å². The predicted molar refractivity (Wildman–Crippen MR) is 129 cm³/mol. The number of furan rings is 1. The van der Waals surface area contributed by atoms with Gasteiger partial charge in [0.2, 0.25) is 0 Å². The maximum atomic E-state index is 13.6. The molecule has 0 saturated carbocycles. The molecule has 1 atom stereocenters. The Morgan fingerprint density at radius 3 is 2.67 bits per heavy atom. The third kappa shape index (κ3) is 4.47. The molecular formula is C24H23BrN2O5S. The molecule has 9 heteroatoms. The van der Waals surface area contributed by atoms with Gasteiger partial charge in [-0.2, -0.15) is 0 Å². The molecule has 0 aliphatic carbocycles. The highest BCUT2D eigenvalue weighted by molar-refractivity contribution is 9.10. The van der Waals surface area contributed by atoms with Crippen molar-refractivity contribution in [3.8, 4) is 5.75 Å². The average Bonchev–Trinajstić information content (AvgIpc) is 3.29. The Kier molecular flexibility index (Phi) is 6.45. The molecule has 0 bridgehead atoms. The van der Waals surface area contributed by atoms with Gasteiger partial charge in [-0.25, -0.2) is 9.79 Å². The summed E-state index contributed by atoms with van der Waals surface area (Å²) in [5.74, 6) is 1.35. The Hall–Kier alpha value is -2.91. The topological polar surface area (TPSA) is 83.0 Å². The lowest BCUT2D eigenvalue weighted by Gasteiger charge is -2.26. The van der Waals surface area contributed by atoms with E-state index in [1.54, 1.807) is 46.1 Å². The van der Waals surface area contributed by atoms with Crippen LogP contribution in [-0.2, 0) is 9.53 Å². The van der Waals surface area contributed by atoms with Crippen LogP contribution in [-0.4, -0.2) is 23.8 Å². The number of aryl methyl sites for hydroxylation is 1. The number of hydrogen-bond acceptors (Lipinski definition) is 7. The average molecular weight is 531 g/mol. The summed E-state index contributed by atoms with van der Waals surface area (Å²) >= 11 is 4.74. The van der Waals surface area contributed by atoms with E-state index < -0.39 is 12.0 Å². The van der Waals surface area contributed by atoms with Crippen LogP contribution in [0.2, 0.25) is 0 Å². The van der Waals surface area contributed by atoms with Gasteiger partial charge >= 0.3 is 5.97 Å². The molecule has 0 saturated heterocycles. The van der Waals surface area contributed by atoms with Crippen molar-refractivity contribution in [1.82, 2.24) is 4.57 Å². The Morgan fingerprint density at radius 1 is 1.27 bits per heavy atom. The molecule has 172 valence electrons. The zero-order valence-electron chi connectivity index (χ0n) is 18.8. The monoisotopic (exact) mass is 530 g/mol. The van der Waals surface area contributed by atoms with Crippen molar-refractivity contribution in [1.29, 1.82) is 0 Å². The second-order valence-corrected chi connectivity index (χ2v) is 9.80. The smallest absolute Gasteiger partial charge is 0.338 e. The van der Waals surface area contributed by atoms with Gasteiger partial charge in [-0.1, -0.05) is 27.3 Å². The summed E-state index contributed by atoms with van der Waals surface area (Å²) in [4.78, 5) is 31.9. The van der Waals surface area contributed by atoms with Crippen molar-refractivity contribution in [2.45, 2.75) is 39.8 Å².